The summed E-state index contributed by atoms with van der Waals surface area (Å²) in [5, 5.41) is 0. The van der Waals surface area contributed by atoms with Gasteiger partial charge in [-0.2, -0.15) is 0 Å². The molecule has 0 spiro atoms. The Labute approximate surface area is 77.8 Å². The Hall–Kier alpha value is -1.57. The second-order valence-corrected chi connectivity index (χ2v) is 2.74. The van der Waals surface area contributed by atoms with Crippen molar-refractivity contribution in [3.8, 4) is 5.75 Å². The molecule has 0 unspecified atom stereocenters. The lowest BCUT2D eigenvalue weighted by molar-refractivity contribution is 0.112. The molecule has 1 rings (SSSR count). The molecule has 0 aliphatic carbocycles. The molecule has 2 heteroatoms. The third-order valence-electron chi connectivity index (χ3n) is 1.75. The maximum Gasteiger partial charge on any atom is 0.150 e. The van der Waals surface area contributed by atoms with Crippen LogP contribution in [0.5, 0.6) is 5.75 Å². The van der Waals surface area contributed by atoms with Crippen molar-refractivity contribution in [1.82, 2.24) is 0 Å². The van der Waals surface area contributed by atoms with E-state index in [4.69, 9.17) is 4.74 Å². The van der Waals surface area contributed by atoms with Gasteiger partial charge in [-0.3, -0.25) is 4.79 Å². The lowest BCUT2D eigenvalue weighted by Gasteiger charge is -2.04. The Kier molecular flexibility index (Phi) is 3.26. The summed E-state index contributed by atoms with van der Waals surface area (Å²) in [6, 6.07) is 5.43. The van der Waals surface area contributed by atoms with Crippen molar-refractivity contribution in [2.75, 3.05) is 6.61 Å². The molecule has 13 heavy (non-hydrogen) atoms. The molecule has 0 fully saturated rings. The Balaban J connectivity index is 2.85. The molecule has 1 aromatic carbocycles. The van der Waals surface area contributed by atoms with Gasteiger partial charge in [0.25, 0.3) is 0 Å². The fourth-order valence-electron chi connectivity index (χ4n) is 0.990. The van der Waals surface area contributed by atoms with Crippen LogP contribution in [0.25, 0.3) is 0 Å². The van der Waals surface area contributed by atoms with Crippen LogP contribution in [-0.4, -0.2) is 12.9 Å². The summed E-state index contributed by atoms with van der Waals surface area (Å²) in [4.78, 5) is 10.6. The number of aldehydes is 1. The van der Waals surface area contributed by atoms with Crippen LogP contribution in [0.4, 0.5) is 0 Å². The van der Waals surface area contributed by atoms with E-state index in [2.05, 4.69) is 6.58 Å². The van der Waals surface area contributed by atoms with Gasteiger partial charge in [-0.1, -0.05) is 18.7 Å². The number of carbonyl (C=O) groups excluding carboxylic acids is 1. The zero-order chi connectivity index (χ0) is 9.68. The molecule has 1 aromatic rings. The van der Waals surface area contributed by atoms with Gasteiger partial charge in [0.05, 0.1) is 0 Å². The molecule has 0 heterocycles. The summed E-state index contributed by atoms with van der Waals surface area (Å²) < 4.78 is 5.28. The van der Waals surface area contributed by atoms with Gasteiger partial charge in [0.2, 0.25) is 0 Å². The van der Waals surface area contributed by atoms with Crippen LogP contribution in [0.2, 0.25) is 0 Å². The highest BCUT2D eigenvalue weighted by Gasteiger charge is 1.98. The van der Waals surface area contributed by atoms with Gasteiger partial charge in [-0.05, 0) is 24.6 Å². The van der Waals surface area contributed by atoms with Gasteiger partial charge < -0.3 is 4.74 Å². The van der Waals surface area contributed by atoms with Gasteiger partial charge >= 0.3 is 0 Å². The van der Waals surface area contributed by atoms with Gasteiger partial charge in [-0.15, -0.1) is 0 Å². The maximum atomic E-state index is 10.6. The molecular weight excluding hydrogens is 164 g/mol. The first kappa shape index (κ1) is 9.52. The molecule has 0 aliphatic rings. The third kappa shape index (κ3) is 2.44. The van der Waals surface area contributed by atoms with E-state index in [1.165, 1.54) is 0 Å². The zero-order valence-electron chi connectivity index (χ0n) is 7.62. The van der Waals surface area contributed by atoms with Crippen LogP contribution in [0.3, 0.4) is 0 Å². The predicted octanol–water partition coefficient (Wildman–Crippen LogP) is 2.37. The molecular formula is C11H12O2. The number of hydrogen-bond acceptors (Lipinski definition) is 2. The lowest BCUT2D eigenvalue weighted by Crippen LogP contribution is -1.94. The van der Waals surface area contributed by atoms with Crippen LogP contribution in [-0.2, 0) is 0 Å². The predicted molar refractivity (Wildman–Crippen MR) is 52.3 cm³/mol. The van der Waals surface area contributed by atoms with Crippen LogP contribution >= 0.6 is 0 Å². The highest BCUT2D eigenvalue weighted by atomic mass is 16.5. The Morgan fingerprint density at radius 1 is 1.54 bits per heavy atom. The van der Waals surface area contributed by atoms with Crippen molar-refractivity contribution < 1.29 is 9.53 Å². The number of rotatable bonds is 4. The molecule has 68 valence electrons. The van der Waals surface area contributed by atoms with Crippen molar-refractivity contribution in [3.05, 3.63) is 42.0 Å². The van der Waals surface area contributed by atoms with Crippen molar-refractivity contribution in [2.24, 2.45) is 0 Å². The van der Waals surface area contributed by atoms with Gasteiger partial charge in [0, 0.05) is 5.56 Å². The zero-order valence-corrected chi connectivity index (χ0v) is 7.62. The molecule has 0 radical (unpaired) electrons. The highest BCUT2D eigenvalue weighted by Crippen LogP contribution is 2.15. The maximum absolute atomic E-state index is 10.6. The summed E-state index contributed by atoms with van der Waals surface area (Å²) >= 11 is 0. The number of hydrogen-bond donors (Lipinski definition) is 0. The molecule has 0 bridgehead atoms. The van der Waals surface area contributed by atoms with Crippen LogP contribution in [0.1, 0.15) is 15.9 Å². The minimum absolute atomic E-state index is 0.460. The molecule has 0 amide bonds. The van der Waals surface area contributed by atoms with E-state index in [-0.39, 0.29) is 0 Å². The largest absolute Gasteiger partial charge is 0.490 e. The van der Waals surface area contributed by atoms with E-state index in [9.17, 15) is 4.79 Å². The van der Waals surface area contributed by atoms with Crippen LogP contribution < -0.4 is 4.74 Å². The summed E-state index contributed by atoms with van der Waals surface area (Å²) in [6.45, 7) is 5.89. The smallest absolute Gasteiger partial charge is 0.150 e. The Morgan fingerprint density at radius 2 is 2.31 bits per heavy atom. The average Bonchev–Trinajstić information content (AvgIpc) is 2.16. The first-order valence-electron chi connectivity index (χ1n) is 4.07. The summed E-state index contributed by atoms with van der Waals surface area (Å²) in [5.74, 6) is 0.701. The third-order valence-corrected chi connectivity index (χ3v) is 1.75. The van der Waals surface area contributed by atoms with E-state index < -0.39 is 0 Å². The van der Waals surface area contributed by atoms with E-state index in [0.29, 0.717) is 17.9 Å². The molecule has 0 aliphatic heterocycles. The van der Waals surface area contributed by atoms with Crippen molar-refractivity contribution in [2.45, 2.75) is 6.92 Å². The van der Waals surface area contributed by atoms with Crippen LogP contribution in [0, 0.1) is 6.92 Å². The highest BCUT2D eigenvalue weighted by molar-refractivity contribution is 5.77. The van der Waals surface area contributed by atoms with E-state index in [1.54, 1.807) is 12.1 Å². The number of carbonyl (C=O) groups is 1. The Morgan fingerprint density at radius 3 is 2.92 bits per heavy atom. The topological polar surface area (TPSA) is 26.3 Å². The second-order valence-electron chi connectivity index (χ2n) is 2.74. The first-order valence-corrected chi connectivity index (χ1v) is 4.07. The summed E-state index contributed by atoms with van der Waals surface area (Å²) in [5.41, 5.74) is 1.63. The first-order chi connectivity index (χ1) is 6.27. The van der Waals surface area contributed by atoms with Gasteiger partial charge in [0.15, 0.2) is 0 Å². The fourth-order valence-corrected chi connectivity index (χ4v) is 0.990. The lowest BCUT2D eigenvalue weighted by atomic mass is 10.1. The SMILES string of the molecule is C=CCOc1ccc(C)c(C=O)c1. The van der Waals surface area contributed by atoms with E-state index in [1.807, 2.05) is 19.1 Å². The van der Waals surface area contributed by atoms with Crippen molar-refractivity contribution in [1.29, 1.82) is 0 Å². The normalized spacial score (nSPS) is 9.31. The number of ether oxygens (including phenoxy) is 1. The van der Waals surface area contributed by atoms with Gasteiger partial charge in [0.1, 0.15) is 18.6 Å². The van der Waals surface area contributed by atoms with Crippen molar-refractivity contribution >= 4 is 6.29 Å². The minimum atomic E-state index is 0.460. The van der Waals surface area contributed by atoms with Crippen molar-refractivity contribution in [3.63, 3.8) is 0 Å². The molecule has 0 aromatic heterocycles. The van der Waals surface area contributed by atoms with E-state index in [0.717, 1.165) is 11.8 Å². The molecule has 0 N–H and O–H groups in total. The average molecular weight is 176 g/mol. The van der Waals surface area contributed by atoms with Gasteiger partial charge in [-0.25, -0.2) is 0 Å². The number of benzene rings is 1. The molecule has 0 saturated carbocycles. The van der Waals surface area contributed by atoms with Crippen LogP contribution in [0.15, 0.2) is 30.9 Å². The minimum Gasteiger partial charge on any atom is -0.490 e. The standard InChI is InChI=1S/C11H12O2/c1-3-6-13-11-5-4-9(2)10(7-11)8-12/h3-5,7-8H,1,6H2,2H3. The quantitative estimate of drug-likeness (QED) is 0.520. The summed E-state index contributed by atoms with van der Waals surface area (Å²) in [6.07, 6.45) is 2.50. The molecule has 0 atom stereocenters. The molecule has 0 saturated heterocycles. The summed E-state index contributed by atoms with van der Waals surface area (Å²) in [7, 11) is 0. The second kappa shape index (κ2) is 4.45. The fraction of sp³-hybridized carbons (Fsp3) is 0.182. The Bertz CT molecular complexity index is 316. The number of aryl methyl sites for hydroxylation is 1. The molecule has 2 nitrogen and oxygen atoms in total. The monoisotopic (exact) mass is 176 g/mol. The van der Waals surface area contributed by atoms with E-state index >= 15 is 0 Å².